The summed E-state index contributed by atoms with van der Waals surface area (Å²) in [6.45, 7) is 12.1. The molecule has 0 saturated carbocycles. The Bertz CT molecular complexity index is 369. The van der Waals surface area contributed by atoms with Crippen LogP contribution in [0, 0.1) is 20.8 Å². The number of thiol groups is 1. The van der Waals surface area contributed by atoms with E-state index < -0.39 is 0 Å². The quantitative estimate of drug-likeness (QED) is 0.604. The average molecular weight is 237 g/mol. The van der Waals surface area contributed by atoms with Crippen molar-refractivity contribution in [2.24, 2.45) is 0 Å². The normalized spacial score (nSPS) is 11.9. The van der Waals surface area contributed by atoms with Crippen molar-refractivity contribution in [1.29, 1.82) is 0 Å². The van der Waals surface area contributed by atoms with Crippen LogP contribution in [0.3, 0.4) is 0 Å². The Balaban J connectivity index is 3.07. The second kappa shape index (κ2) is 5.24. The molecule has 2 heteroatoms. The molecule has 1 aromatic carbocycles. The molecule has 0 amide bonds. The van der Waals surface area contributed by atoms with Crippen LogP contribution in [0.2, 0.25) is 0 Å². The highest BCUT2D eigenvalue weighted by Gasteiger charge is 2.22. The van der Waals surface area contributed by atoms with Crippen molar-refractivity contribution in [1.82, 2.24) is 5.32 Å². The Labute approximate surface area is 105 Å². The van der Waals surface area contributed by atoms with Crippen LogP contribution in [-0.4, -0.2) is 12.4 Å². The van der Waals surface area contributed by atoms with Gasteiger partial charge in [0, 0.05) is 17.8 Å². The summed E-state index contributed by atoms with van der Waals surface area (Å²) in [6, 6.07) is 4.61. The van der Waals surface area contributed by atoms with Gasteiger partial charge in [-0.15, -0.1) is 0 Å². The molecule has 0 radical (unpaired) electrons. The van der Waals surface area contributed by atoms with Gasteiger partial charge in [0.2, 0.25) is 0 Å². The summed E-state index contributed by atoms with van der Waals surface area (Å²) >= 11 is 4.20. The predicted molar refractivity (Wildman–Crippen MR) is 75.5 cm³/mol. The zero-order chi connectivity index (χ0) is 12.3. The monoisotopic (exact) mass is 237 g/mol. The third kappa shape index (κ3) is 3.02. The summed E-state index contributed by atoms with van der Waals surface area (Å²) in [6.07, 6.45) is 0. The van der Waals surface area contributed by atoms with Crippen molar-refractivity contribution in [2.45, 2.75) is 40.0 Å². The van der Waals surface area contributed by atoms with E-state index in [1.54, 1.807) is 0 Å². The number of rotatable bonds is 4. The van der Waals surface area contributed by atoms with Crippen molar-refractivity contribution in [2.75, 3.05) is 12.4 Å². The Morgan fingerprint density at radius 2 is 1.62 bits per heavy atom. The lowest BCUT2D eigenvalue weighted by molar-refractivity contribution is 0.487. The second-order valence-electron chi connectivity index (χ2n) is 5.22. The Hall–Kier alpha value is -0.470. The SMILES string of the molecule is Cc1cc(C)c(C(C)(C)CNCS)cc1C. The Kier molecular flexibility index (Phi) is 4.45. The molecule has 1 N–H and O–H groups in total. The predicted octanol–water partition coefficient (Wildman–Crippen LogP) is 3.37. The molecule has 0 spiro atoms. The van der Waals surface area contributed by atoms with Crippen LogP contribution in [0.25, 0.3) is 0 Å². The lowest BCUT2D eigenvalue weighted by Gasteiger charge is -2.28. The first-order valence-electron chi connectivity index (χ1n) is 5.78. The van der Waals surface area contributed by atoms with Crippen LogP contribution in [0.15, 0.2) is 12.1 Å². The highest BCUT2D eigenvalue weighted by Crippen LogP contribution is 2.28. The van der Waals surface area contributed by atoms with Crippen LogP contribution in [-0.2, 0) is 5.41 Å². The van der Waals surface area contributed by atoms with Crippen molar-refractivity contribution >= 4 is 12.6 Å². The largest absolute Gasteiger partial charge is 0.307 e. The number of hydrogen-bond acceptors (Lipinski definition) is 2. The van der Waals surface area contributed by atoms with E-state index in [0.717, 1.165) is 12.4 Å². The molecule has 1 rings (SSSR count). The van der Waals surface area contributed by atoms with Gasteiger partial charge >= 0.3 is 0 Å². The first-order valence-corrected chi connectivity index (χ1v) is 6.41. The molecular weight excluding hydrogens is 214 g/mol. The molecule has 0 atom stereocenters. The summed E-state index contributed by atoms with van der Waals surface area (Å²) < 4.78 is 0. The Morgan fingerprint density at radius 1 is 1.06 bits per heavy atom. The van der Waals surface area contributed by atoms with Crippen molar-refractivity contribution in [3.63, 3.8) is 0 Å². The van der Waals surface area contributed by atoms with E-state index in [9.17, 15) is 0 Å². The molecule has 0 heterocycles. The van der Waals surface area contributed by atoms with E-state index in [4.69, 9.17) is 0 Å². The fourth-order valence-electron chi connectivity index (χ4n) is 2.15. The minimum absolute atomic E-state index is 0.158. The summed E-state index contributed by atoms with van der Waals surface area (Å²) in [5.74, 6) is 0.729. The molecule has 0 aliphatic carbocycles. The van der Waals surface area contributed by atoms with Crippen LogP contribution in [0.4, 0.5) is 0 Å². The average Bonchev–Trinajstić information content (AvgIpc) is 2.20. The van der Waals surface area contributed by atoms with E-state index in [2.05, 4.69) is 64.7 Å². The number of nitrogens with one attached hydrogen (secondary N) is 1. The number of benzene rings is 1. The maximum Gasteiger partial charge on any atom is 0.0387 e. The van der Waals surface area contributed by atoms with E-state index in [1.165, 1.54) is 22.3 Å². The van der Waals surface area contributed by atoms with Crippen LogP contribution >= 0.6 is 12.6 Å². The highest BCUT2D eigenvalue weighted by atomic mass is 32.1. The molecule has 90 valence electrons. The molecule has 0 fully saturated rings. The van der Waals surface area contributed by atoms with Gasteiger partial charge in [-0.25, -0.2) is 0 Å². The van der Waals surface area contributed by atoms with Crippen molar-refractivity contribution in [3.8, 4) is 0 Å². The molecule has 1 aromatic rings. The topological polar surface area (TPSA) is 12.0 Å². The maximum absolute atomic E-state index is 4.20. The van der Waals surface area contributed by atoms with E-state index >= 15 is 0 Å². The molecule has 16 heavy (non-hydrogen) atoms. The summed E-state index contributed by atoms with van der Waals surface area (Å²) in [4.78, 5) is 0. The van der Waals surface area contributed by atoms with Crippen LogP contribution in [0.1, 0.15) is 36.1 Å². The van der Waals surface area contributed by atoms with Gasteiger partial charge in [0.05, 0.1) is 0 Å². The van der Waals surface area contributed by atoms with E-state index in [0.29, 0.717) is 0 Å². The fourth-order valence-corrected chi connectivity index (χ4v) is 2.27. The molecular formula is C14H23NS. The van der Waals surface area contributed by atoms with Gasteiger partial charge < -0.3 is 5.32 Å². The summed E-state index contributed by atoms with van der Waals surface area (Å²) in [5.41, 5.74) is 5.73. The minimum Gasteiger partial charge on any atom is -0.307 e. The Morgan fingerprint density at radius 3 is 2.19 bits per heavy atom. The van der Waals surface area contributed by atoms with Gasteiger partial charge in [-0.2, -0.15) is 12.6 Å². The first kappa shape index (κ1) is 13.6. The zero-order valence-electron chi connectivity index (χ0n) is 11.0. The lowest BCUT2D eigenvalue weighted by atomic mass is 9.80. The third-order valence-electron chi connectivity index (χ3n) is 3.25. The molecule has 0 aliphatic heterocycles. The number of aryl methyl sites for hydroxylation is 3. The lowest BCUT2D eigenvalue weighted by Crippen LogP contribution is -2.33. The van der Waals surface area contributed by atoms with Crippen LogP contribution < -0.4 is 5.32 Å². The molecule has 1 nitrogen and oxygen atoms in total. The van der Waals surface area contributed by atoms with Crippen LogP contribution in [0.5, 0.6) is 0 Å². The molecule has 0 unspecified atom stereocenters. The zero-order valence-corrected chi connectivity index (χ0v) is 11.9. The molecule has 0 bridgehead atoms. The molecule has 0 saturated heterocycles. The van der Waals surface area contributed by atoms with E-state index in [1.807, 2.05) is 0 Å². The van der Waals surface area contributed by atoms with E-state index in [-0.39, 0.29) is 5.41 Å². The van der Waals surface area contributed by atoms with Crippen molar-refractivity contribution < 1.29 is 0 Å². The van der Waals surface area contributed by atoms with Gasteiger partial charge in [0.15, 0.2) is 0 Å². The fraction of sp³-hybridized carbons (Fsp3) is 0.571. The van der Waals surface area contributed by atoms with Gasteiger partial charge in [-0.3, -0.25) is 0 Å². The summed E-state index contributed by atoms with van der Waals surface area (Å²) in [7, 11) is 0. The molecule has 0 aliphatic rings. The van der Waals surface area contributed by atoms with Crippen molar-refractivity contribution in [3.05, 3.63) is 34.4 Å². The van der Waals surface area contributed by atoms with Gasteiger partial charge in [0.1, 0.15) is 0 Å². The van der Waals surface area contributed by atoms with Gasteiger partial charge in [-0.05, 0) is 43.0 Å². The summed E-state index contributed by atoms with van der Waals surface area (Å²) in [5, 5.41) is 3.31. The first-order chi connectivity index (χ1) is 7.38. The number of hydrogen-bond donors (Lipinski definition) is 2. The minimum atomic E-state index is 0.158. The third-order valence-corrected chi connectivity index (χ3v) is 3.47. The standard InChI is InChI=1S/C14H23NS/c1-10-6-12(3)13(7-11(10)2)14(4,5)8-15-9-16/h6-7,15-16H,8-9H2,1-5H3. The van der Waals surface area contributed by atoms with Gasteiger partial charge in [0.25, 0.3) is 0 Å². The maximum atomic E-state index is 4.20. The molecule has 0 aromatic heterocycles. The highest BCUT2D eigenvalue weighted by molar-refractivity contribution is 7.80. The second-order valence-corrected chi connectivity index (χ2v) is 5.54. The smallest absolute Gasteiger partial charge is 0.0387 e. The van der Waals surface area contributed by atoms with Gasteiger partial charge in [-0.1, -0.05) is 26.0 Å².